The van der Waals surface area contributed by atoms with Gasteiger partial charge in [-0.2, -0.15) is 5.26 Å². The summed E-state index contributed by atoms with van der Waals surface area (Å²) in [6.07, 6.45) is 1.61. The molecule has 0 aliphatic carbocycles. The molecule has 0 saturated carbocycles. The third kappa shape index (κ3) is 5.76. The average molecular weight is 470 g/mol. The van der Waals surface area contributed by atoms with Gasteiger partial charge in [-0.25, -0.2) is 4.79 Å². The predicted octanol–water partition coefficient (Wildman–Crippen LogP) is 5.27. The number of aromatic nitrogens is 1. The Balaban J connectivity index is 1.47. The van der Waals surface area contributed by atoms with E-state index < -0.39 is 6.03 Å². The molecule has 2 amide bonds. The van der Waals surface area contributed by atoms with Crippen molar-refractivity contribution in [3.8, 4) is 29.1 Å². The fourth-order valence-electron chi connectivity index (χ4n) is 3.28. The number of hydrogen-bond acceptors (Lipinski definition) is 7. The van der Waals surface area contributed by atoms with E-state index in [1.807, 2.05) is 0 Å². The minimum Gasteiger partial charge on any atom is -0.506 e. The maximum atomic E-state index is 12.2. The number of urea groups is 1. The maximum Gasteiger partial charge on any atom is 0.323 e. The summed E-state index contributed by atoms with van der Waals surface area (Å²) >= 11 is 0. The number of phenolic OH excluding ortho intramolecular Hbond substituents is 1. The van der Waals surface area contributed by atoms with Crippen LogP contribution in [0.15, 0.2) is 72.9 Å². The van der Waals surface area contributed by atoms with E-state index in [0.29, 0.717) is 58.3 Å². The monoisotopic (exact) mass is 470 g/mol. The normalized spacial score (nSPS) is 10.4. The Morgan fingerprint density at radius 1 is 1.03 bits per heavy atom. The number of benzene rings is 3. The largest absolute Gasteiger partial charge is 0.506 e. The van der Waals surface area contributed by atoms with E-state index in [4.69, 9.17) is 14.2 Å². The number of nitrogens with one attached hydrogen (secondary N) is 2. The molecule has 0 spiro atoms. The second-order valence-corrected chi connectivity index (χ2v) is 7.35. The van der Waals surface area contributed by atoms with E-state index in [9.17, 15) is 15.2 Å². The molecule has 176 valence electrons. The van der Waals surface area contributed by atoms with E-state index in [1.54, 1.807) is 74.0 Å². The van der Waals surface area contributed by atoms with Gasteiger partial charge in [-0.15, -0.1) is 0 Å². The summed E-state index contributed by atoms with van der Waals surface area (Å²) < 4.78 is 16.7. The van der Waals surface area contributed by atoms with Crippen LogP contribution < -0.4 is 20.1 Å². The van der Waals surface area contributed by atoms with Crippen LogP contribution in [0.2, 0.25) is 0 Å². The average Bonchev–Trinajstić information content (AvgIpc) is 2.86. The number of hydrogen-bond donors (Lipinski definition) is 3. The van der Waals surface area contributed by atoms with Crippen LogP contribution in [-0.2, 0) is 4.74 Å². The molecule has 4 aromatic rings. The summed E-state index contributed by atoms with van der Waals surface area (Å²) in [6, 6.07) is 20.0. The summed E-state index contributed by atoms with van der Waals surface area (Å²) in [7, 11) is 1.58. The topological polar surface area (TPSA) is 126 Å². The molecule has 9 nitrogen and oxygen atoms in total. The van der Waals surface area contributed by atoms with E-state index in [1.165, 1.54) is 6.07 Å². The zero-order chi connectivity index (χ0) is 24.6. The summed E-state index contributed by atoms with van der Waals surface area (Å²) in [4.78, 5) is 16.6. The highest BCUT2D eigenvalue weighted by atomic mass is 16.5. The molecule has 0 atom stereocenters. The summed E-state index contributed by atoms with van der Waals surface area (Å²) in [5, 5.41) is 25.3. The number of phenols is 1. The van der Waals surface area contributed by atoms with Crippen molar-refractivity contribution < 1.29 is 24.1 Å². The first-order valence-corrected chi connectivity index (χ1v) is 10.7. The third-order valence-corrected chi connectivity index (χ3v) is 4.96. The fraction of sp³-hybridized carbons (Fsp3) is 0.115. The molecule has 1 aromatic heterocycles. The van der Waals surface area contributed by atoms with E-state index in [2.05, 4.69) is 21.7 Å². The highest BCUT2D eigenvalue weighted by Gasteiger charge is 2.12. The van der Waals surface area contributed by atoms with Gasteiger partial charge in [0.25, 0.3) is 0 Å². The van der Waals surface area contributed by atoms with Crippen molar-refractivity contribution in [3.05, 3.63) is 78.5 Å². The smallest absolute Gasteiger partial charge is 0.323 e. The Labute approximate surface area is 201 Å². The van der Waals surface area contributed by atoms with E-state index in [-0.39, 0.29) is 5.75 Å². The fourth-order valence-corrected chi connectivity index (χ4v) is 3.28. The van der Waals surface area contributed by atoms with Crippen LogP contribution in [-0.4, -0.2) is 36.4 Å². The first-order chi connectivity index (χ1) is 17.1. The van der Waals surface area contributed by atoms with Crippen molar-refractivity contribution in [2.24, 2.45) is 0 Å². The first kappa shape index (κ1) is 23.4. The predicted molar refractivity (Wildman–Crippen MR) is 131 cm³/mol. The summed E-state index contributed by atoms with van der Waals surface area (Å²) in [5.41, 5.74) is 1.82. The number of para-hydroxylation sites is 2. The lowest BCUT2D eigenvalue weighted by Gasteiger charge is -2.12. The van der Waals surface area contributed by atoms with Gasteiger partial charge in [-0.05, 0) is 48.5 Å². The van der Waals surface area contributed by atoms with Crippen LogP contribution in [0.3, 0.4) is 0 Å². The molecular weight excluding hydrogens is 448 g/mol. The lowest BCUT2D eigenvalue weighted by Crippen LogP contribution is -2.19. The number of methoxy groups -OCH3 is 1. The van der Waals surface area contributed by atoms with Crippen LogP contribution in [0.4, 0.5) is 16.2 Å². The van der Waals surface area contributed by atoms with Crippen LogP contribution in [0, 0.1) is 11.3 Å². The molecule has 0 saturated heterocycles. The SMILES string of the molecule is COCCOc1cc2nccc(Oc3ccc(NC(=O)Nc4ccccc4O)cc3)c2cc1C#N. The summed E-state index contributed by atoms with van der Waals surface area (Å²) in [6.45, 7) is 0.721. The number of nitriles is 1. The lowest BCUT2D eigenvalue weighted by molar-refractivity contribution is 0.146. The van der Waals surface area contributed by atoms with Crippen molar-refractivity contribution in [3.63, 3.8) is 0 Å². The minimum absolute atomic E-state index is 0.0239. The van der Waals surface area contributed by atoms with E-state index >= 15 is 0 Å². The Bertz CT molecular complexity index is 1380. The standard InChI is InChI=1S/C26H22N4O5/c1-33-12-13-34-25-15-22-20(14-17(25)16-27)24(10-11-28-22)35-19-8-6-18(7-9-19)29-26(32)30-21-4-2-3-5-23(21)31/h2-11,14-15,31H,12-13H2,1H3,(H2,29,30,32). The highest BCUT2D eigenvalue weighted by molar-refractivity contribution is 6.00. The Morgan fingerprint density at radius 3 is 2.57 bits per heavy atom. The lowest BCUT2D eigenvalue weighted by atomic mass is 10.1. The molecule has 9 heteroatoms. The number of aromatic hydroxyl groups is 1. The van der Waals surface area contributed by atoms with E-state index in [0.717, 1.165) is 0 Å². The first-order valence-electron chi connectivity index (χ1n) is 10.7. The zero-order valence-electron chi connectivity index (χ0n) is 18.8. The number of rotatable bonds is 8. The molecule has 0 aliphatic heterocycles. The highest BCUT2D eigenvalue weighted by Crippen LogP contribution is 2.33. The van der Waals surface area contributed by atoms with Gasteiger partial charge in [-0.3, -0.25) is 4.98 Å². The van der Waals surface area contributed by atoms with Gasteiger partial charge in [0.05, 0.1) is 23.4 Å². The van der Waals surface area contributed by atoms with Gasteiger partial charge in [0.1, 0.15) is 35.7 Å². The molecule has 1 heterocycles. The van der Waals surface area contributed by atoms with Gasteiger partial charge < -0.3 is 30.0 Å². The summed E-state index contributed by atoms with van der Waals surface area (Å²) in [5.74, 6) is 1.46. The van der Waals surface area contributed by atoms with Gasteiger partial charge in [0.2, 0.25) is 0 Å². The second kappa shape index (κ2) is 10.9. The van der Waals surface area contributed by atoms with Gasteiger partial charge in [-0.1, -0.05) is 12.1 Å². The molecule has 0 radical (unpaired) electrons. The van der Waals surface area contributed by atoms with Crippen LogP contribution in [0.1, 0.15) is 5.56 Å². The van der Waals surface area contributed by atoms with Gasteiger partial charge in [0.15, 0.2) is 0 Å². The van der Waals surface area contributed by atoms with Crippen LogP contribution in [0.5, 0.6) is 23.0 Å². The number of ether oxygens (including phenoxy) is 3. The van der Waals surface area contributed by atoms with Gasteiger partial charge in [0, 0.05) is 30.4 Å². The Hall–Kier alpha value is -4.81. The van der Waals surface area contributed by atoms with Crippen LogP contribution in [0.25, 0.3) is 10.9 Å². The maximum absolute atomic E-state index is 12.2. The number of fused-ring (bicyclic) bond motifs is 1. The Morgan fingerprint density at radius 2 is 1.83 bits per heavy atom. The zero-order valence-corrected chi connectivity index (χ0v) is 18.8. The third-order valence-electron chi connectivity index (χ3n) is 4.96. The minimum atomic E-state index is -0.493. The van der Waals surface area contributed by atoms with Crippen molar-refractivity contribution >= 4 is 28.3 Å². The van der Waals surface area contributed by atoms with Crippen molar-refractivity contribution in [1.82, 2.24) is 4.98 Å². The van der Waals surface area contributed by atoms with Crippen molar-refractivity contribution in [1.29, 1.82) is 5.26 Å². The number of carbonyl (C=O) groups is 1. The number of anilines is 2. The molecular formula is C26H22N4O5. The quantitative estimate of drug-likeness (QED) is 0.236. The Kier molecular flexibility index (Phi) is 7.25. The molecule has 0 bridgehead atoms. The number of amides is 2. The molecule has 3 aromatic carbocycles. The second-order valence-electron chi connectivity index (χ2n) is 7.35. The molecule has 3 N–H and O–H groups in total. The molecule has 0 unspecified atom stereocenters. The van der Waals surface area contributed by atoms with Crippen molar-refractivity contribution in [2.75, 3.05) is 31.0 Å². The number of pyridine rings is 1. The molecule has 0 fully saturated rings. The molecule has 4 rings (SSSR count). The molecule has 0 aliphatic rings. The number of nitrogens with zero attached hydrogens (tertiary/aromatic N) is 2. The van der Waals surface area contributed by atoms with Crippen molar-refractivity contribution in [2.45, 2.75) is 0 Å². The van der Waals surface area contributed by atoms with Gasteiger partial charge >= 0.3 is 6.03 Å². The number of carbonyl (C=O) groups excluding carboxylic acids is 1. The van der Waals surface area contributed by atoms with Crippen LogP contribution >= 0.6 is 0 Å². The molecule has 35 heavy (non-hydrogen) atoms.